The molecule has 0 aliphatic rings. The Morgan fingerprint density at radius 3 is 1.78 bits per heavy atom. The van der Waals surface area contributed by atoms with E-state index in [9.17, 15) is 13.2 Å². The van der Waals surface area contributed by atoms with E-state index in [1.165, 1.54) is 52.7 Å². The van der Waals surface area contributed by atoms with E-state index in [1.807, 2.05) is 0 Å². The van der Waals surface area contributed by atoms with Crippen molar-refractivity contribution in [2.24, 2.45) is 0 Å². The Morgan fingerprint density at radius 1 is 0.783 bits per heavy atom. The molecule has 0 aromatic rings. The van der Waals surface area contributed by atoms with Gasteiger partial charge in [-0.3, -0.25) is 0 Å². The minimum absolute atomic E-state index is 0.0322. The van der Waals surface area contributed by atoms with Gasteiger partial charge in [-0.25, -0.2) is 0 Å². The normalized spacial score (nSPS) is 12.8. The zero-order valence-corrected chi connectivity index (χ0v) is 15.8. The third-order valence-electron chi connectivity index (χ3n) is 3.89. The molecule has 140 valence electrons. The van der Waals surface area contributed by atoms with Gasteiger partial charge < -0.3 is 13.3 Å². The van der Waals surface area contributed by atoms with E-state index in [-0.39, 0.29) is 13.0 Å². The second-order valence-corrected chi connectivity index (χ2v) is 8.85. The van der Waals surface area contributed by atoms with Gasteiger partial charge in [0.05, 0.1) is 0 Å². The SMILES string of the molecule is CCCCCCCCCC[Si](OC)(OC)OCCCC(F)(F)F. The topological polar surface area (TPSA) is 27.7 Å². The molecule has 0 aliphatic heterocycles. The molecule has 0 unspecified atom stereocenters. The molecule has 23 heavy (non-hydrogen) atoms. The van der Waals surface area contributed by atoms with Crippen LogP contribution in [0.4, 0.5) is 13.2 Å². The summed E-state index contributed by atoms with van der Waals surface area (Å²) in [5, 5.41) is 0. The first kappa shape index (κ1) is 22.9. The first-order valence-corrected chi connectivity index (χ1v) is 10.6. The monoisotopic (exact) mass is 358 g/mol. The second-order valence-electron chi connectivity index (χ2n) is 5.88. The summed E-state index contributed by atoms with van der Waals surface area (Å²) >= 11 is 0. The summed E-state index contributed by atoms with van der Waals surface area (Å²) < 4.78 is 52.8. The number of rotatable bonds is 15. The molecule has 0 bridgehead atoms. The molecule has 0 saturated heterocycles. The van der Waals surface area contributed by atoms with Crippen molar-refractivity contribution in [3.8, 4) is 0 Å². The van der Waals surface area contributed by atoms with E-state index in [0.717, 1.165) is 12.8 Å². The Kier molecular flexibility index (Phi) is 13.1. The number of unbranched alkanes of at least 4 members (excludes halogenated alkanes) is 7. The Hall–Kier alpha value is -0.113. The molecule has 0 saturated carbocycles. The number of alkyl halides is 3. The summed E-state index contributed by atoms with van der Waals surface area (Å²) in [6.45, 7) is 2.23. The smallest absolute Gasteiger partial charge is 0.377 e. The molecule has 3 nitrogen and oxygen atoms in total. The van der Waals surface area contributed by atoms with Crippen LogP contribution in [-0.2, 0) is 13.3 Å². The molecule has 0 aliphatic carbocycles. The standard InChI is InChI=1S/C16H33F3O3Si/c1-4-5-6-7-8-9-10-11-15-23(20-2,21-3)22-14-12-13-16(17,18)19/h4-15H2,1-3H3. The maximum atomic E-state index is 12.1. The Morgan fingerprint density at radius 2 is 1.30 bits per heavy atom. The third-order valence-corrected chi connectivity index (χ3v) is 6.74. The summed E-state index contributed by atoms with van der Waals surface area (Å²) in [5.74, 6) is 0. The quantitative estimate of drug-likeness (QED) is 0.277. The molecule has 0 spiro atoms. The first-order valence-electron chi connectivity index (χ1n) is 8.70. The van der Waals surface area contributed by atoms with E-state index in [4.69, 9.17) is 13.3 Å². The van der Waals surface area contributed by atoms with Crippen LogP contribution in [-0.4, -0.2) is 35.8 Å². The number of hydrogen-bond acceptors (Lipinski definition) is 3. The van der Waals surface area contributed by atoms with Gasteiger partial charge in [0.2, 0.25) is 0 Å². The molecule has 0 aromatic heterocycles. The first-order chi connectivity index (χ1) is 10.9. The molecule has 0 heterocycles. The van der Waals surface area contributed by atoms with Gasteiger partial charge in [0.15, 0.2) is 0 Å². The second kappa shape index (κ2) is 13.2. The highest BCUT2D eigenvalue weighted by molar-refractivity contribution is 6.60. The fraction of sp³-hybridized carbons (Fsp3) is 1.00. The van der Waals surface area contributed by atoms with Gasteiger partial charge in [0.1, 0.15) is 0 Å². The summed E-state index contributed by atoms with van der Waals surface area (Å²) in [4.78, 5) is 0. The van der Waals surface area contributed by atoms with Crippen molar-refractivity contribution in [1.82, 2.24) is 0 Å². The minimum atomic E-state index is -4.13. The van der Waals surface area contributed by atoms with Crippen molar-refractivity contribution >= 4 is 8.80 Å². The zero-order valence-electron chi connectivity index (χ0n) is 14.8. The molecule has 0 amide bonds. The van der Waals surface area contributed by atoms with Crippen molar-refractivity contribution in [2.45, 2.75) is 83.4 Å². The highest BCUT2D eigenvalue weighted by atomic mass is 28.4. The van der Waals surface area contributed by atoms with Gasteiger partial charge in [-0.15, -0.1) is 0 Å². The summed E-state index contributed by atoms with van der Waals surface area (Å²) in [7, 11) is 0.248. The highest BCUT2D eigenvalue weighted by Crippen LogP contribution is 2.23. The maximum Gasteiger partial charge on any atom is 0.500 e. The predicted octanol–water partition coefficient (Wildman–Crippen LogP) is 5.72. The zero-order chi connectivity index (χ0) is 17.6. The van der Waals surface area contributed by atoms with Gasteiger partial charge in [-0.2, -0.15) is 13.2 Å². The van der Waals surface area contributed by atoms with Crippen LogP contribution < -0.4 is 0 Å². The van der Waals surface area contributed by atoms with Gasteiger partial charge in [0, 0.05) is 33.3 Å². The summed E-state index contributed by atoms with van der Waals surface area (Å²) in [6.07, 6.45) is 4.54. The van der Waals surface area contributed by atoms with Gasteiger partial charge in [-0.05, 0) is 12.8 Å². The van der Waals surface area contributed by atoms with Gasteiger partial charge in [-0.1, -0.05) is 51.9 Å². The van der Waals surface area contributed by atoms with Crippen molar-refractivity contribution in [1.29, 1.82) is 0 Å². The third kappa shape index (κ3) is 12.9. The van der Waals surface area contributed by atoms with E-state index in [0.29, 0.717) is 6.04 Å². The van der Waals surface area contributed by atoms with Gasteiger partial charge in [0.25, 0.3) is 0 Å². The van der Waals surface area contributed by atoms with Crippen molar-refractivity contribution < 1.29 is 26.4 Å². The average Bonchev–Trinajstić information content (AvgIpc) is 2.51. The van der Waals surface area contributed by atoms with Crippen LogP contribution in [0.15, 0.2) is 0 Å². The van der Waals surface area contributed by atoms with E-state index in [2.05, 4.69) is 6.92 Å². The van der Waals surface area contributed by atoms with Crippen LogP contribution in [0.3, 0.4) is 0 Å². The Labute approximate surface area is 140 Å². The highest BCUT2D eigenvalue weighted by Gasteiger charge is 2.38. The predicted molar refractivity (Wildman–Crippen MR) is 88.4 cm³/mol. The van der Waals surface area contributed by atoms with Crippen LogP contribution >= 0.6 is 0 Å². The lowest BCUT2D eigenvalue weighted by atomic mass is 10.1. The average molecular weight is 359 g/mol. The van der Waals surface area contributed by atoms with Crippen LogP contribution in [0.2, 0.25) is 6.04 Å². The van der Waals surface area contributed by atoms with Gasteiger partial charge >= 0.3 is 15.0 Å². The molecule has 0 radical (unpaired) electrons. The van der Waals surface area contributed by atoms with E-state index >= 15 is 0 Å². The van der Waals surface area contributed by atoms with Crippen molar-refractivity contribution in [3.63, 3.8) is 0 Å². The molecule has 0 N–H and O–H groups in total. The Bertz CT molecular complexity index is 272. The summed E-state index contributed by atoms with van der Waals surface area (Å²) in [6, 6.07) is 0.668. The molecule has 7 heteroatoms. The number of halogens is 3. The lowest BCUT2D eigenvalue weighted by Gasteiger charge is -2.26. The molecule has 0 aromatic carbocycles. The fourth-order valence-electron chi connectivity index (χ4n) is 2.45. The van der Waals surface area contributed by atoms with Crippen LogP contribution in [0.25, 0.3) is 0 Å². The lowest BCUT2D eigenvalue weighted by molar-refractivity contribution is -0.137. The van der Waals surface area contributed by atoms with Crippen LogP contribution in [0.5, 0.6) is 0 Å². The van der Waals surface area contributed by atoms with Crippen LogP contribution in [0.1, 0.15) is 71.1 Å². The van der Waals surface area contributed by atoms with Crippen molar-refractivity contribution in [3.05, 3.63) is 0 Å². The maximum absolute atomic E-state index is 12.1. The fourth-order valence-corrected chi connectivity index (χ4v) is 4.55. The lowest BCUT2D eigenvalue weighted by Crippen LogP contribution is -2.44. The molecular formula is C16H33F3O3Si. The Balaban J connectivity index is 3.86. The summed E-state index contributed by atoms with van der Waals surface area (Å²) in [5.41, 5.74) is 0. The minimum Gasteiger partial charge on any atom is -0.377 e. The number of hydrogen-bond donors (Lipinski definition) is 0. The van der Waals surface area contributed by atoms with E-state index < -0.39 is 21.4 Å². The molecule has 0 atom stereocenters. The van der Waals surface area contributed by atoms with Crippen LogP contribution in [0, 0.1) is 0 Å². The molecule has 0 rings (SSSR count). The van der Waals surface area contributed by atoms with E-state index in [1.54, 1.807) is 0 Å². The molecular weight excluding hydrogens is 325 g/mol. The van der Waals surface area contributed by atoms with Crippen molar-refractivity contribution in [2.75, 3.05) is 20.8 Å². The molecule has 0 fully saturated rings. The largest absolute Gasteiger partial charge is 0.500 e.